The number of anilines is 2. The number of ether oxygens (including phenoxy) is 2. The standard InChI is InChI=1S/C17H21N5O4S2/c1-25-15(24)14-12(4-9-27-14)18-13(23)10-28-17-20-19-16(22(17)11-2-3-11)21-5-7-26-8-6-21/h4,9,11H,2-3,5-8,10H2,1H3,(H,18,23). The number of nitrogens with zero attached hydrogens (tertiary/aromatic N) is 4. The van der Waals surface area contributed by atoms with Gasteiger partial charge >= 0.3 is 5.97 Å². The van der Waals surface area contributed by atoms with Crippen LogP contribution in [0.5, 0.6) is 0 Å². The van der Waals surface area contributed by atoms with Crippen LogP contribution in [0.2, 0.25) is 0 Å². The number of methoxy groups -OCH3 is 1. The van der Waals surface area contributed by atoms with Crippen LogP contribution in [-0.2, 0) is 14.3 Å². The van der Waals surface area contributed by atoms with Crippen molar-refractivity contribution in [2.75, 3.05) is 49.4 Å². The summed E-state index contributed by atoms with van der Waals surface area (Å²) in [5.74, 6) is 0.387. The summed E-state index contributed by atoms with van der Waals surface area (Å²) < 4.78 is 12.3. The molecule has 1 aliphatic heterocycles. The van der Waals surface area contributed by atoms with Gasteiger partial charge in [0.15, 0.2) is 5.16 Å². The van der Waals surface area contributed by atoms with E-state index in [0.29, 0.717) is 29.8 Å². The zero-order valence-corrected chi connectivity index (χ0v) is 17.1. The van der Waals surface area contributed by atoms with Gasteiger partial charge in [0.1, 0.15) is 4.88 Å². The molecule has 0 unspecified atom stereocenters. The topological polar surface area (TPSA) is 98.6 Å². The van der Waals surface area contributed by atoms with Gasteiger partial charge in [-0.15, -0.1) is 21.5 Å². The fourth-order valence-electron chi connectivity index (χ4n) is 2.97. The summed E-state index contributed by atoms with van der Waals surface area (Å²) in [5, 5.41) is 14.0. The molecular formula is C17H21N5O4S2. The van der Waals surface area contributed by atoms with Gasteiger partial charge in [-0.1, -0.05) is 11.8 Å². The molecule has 28 heavy (non-hydrogen) atoms. The first kappa shape index (κ1) is 19.2. The van der Waals surface area contributed by atoms with E-state index in [4.69, 9.17) is 9.47 Å². The van der Waals surface area contributed by atoms with Crippen molar-refractivity contribution in [1.29, 1.82) is 0 Å². The summed E-state index contributed by atoms with van der Waals surface area (Å²) in [6.07, 6.45) is 2.21. The molecule has 2 aromatic heterocycles. The second-order valence-corrected chi connectivity index (χ2v) is 8.33. The third-order valence-corrected chi connectivity index (χ3v) is 6.33. The number of carbonyl (C=O) groups excluding carboxylic acids is 2. The second-order valence-electron chi connectivity index (χ2n) is 6.48. The molecule has 150 valence electrons. The van der Waals surface area contributed by atoms with Crippen molar-refractivity contribution in [1.82, 2.24) is 14.8 Å². The first-order valence-corrected chi connectivity index (χ1v) is 10.9. The van der Waals surface area contributed by atoms with Gasteiger partial charge in [0.05, 0.1) is 31.8 Å². The molecule has 11 heteroatoms. The molecule has 0 aromatic carbocycles. The van der Waals surface area contributed by atoms with Crippen molar-refractivity contribution in [3.63, 3.8) is 0 Å². The molecule has 1 N–H and O–H groups in total. The van der Waals surface area contributed by atoms with Gasteiger partial charge in [-0.3, -0.25) is 9.36 Å². The Bertz CT molecular complexity index is 858. The largest absolute Gasteiger partial charge is 0.465 e. The van der Waals surface area contributed by atoms with Crippen LogP contribution in [0.15, 0.2) is 16.6 Å². The second kappa shape index (κ2) is 8.50. The Balaban J connectivity index is 1.41. The molecule has 0 spiro atoms. The van der Waals surface area contributed by atoms with Gasteiger partial charge in [-0.05, 0) is 24.3 Å². The Hall–Kier alpha value is -2.11. The normalized spacial score (nSPS) is 16.8. The number of thioether (sulfide) groups is 1. The predicted octanol–water partition coefficient (Wildman–Crippen LogP) is 2.03. The number of hydrogen-bond donors (Lipinski definition) is 1. The van der Waals surface area contributed by atoms with Crippen molar-refractivity contribution in [2.45, 2.75) is 24.0 Å². The number of hydrogen-bond acceptors (Lipinski definition) is 9. The van der Waals surface area contributed by atoms with E-state index in [1.54, 1.807) is 11.4 Å². The van der Waals surface area contributed by atoms with E-state index < -0.39 is 5.97 Å². The quantitative estimate of drug-likeness (QED) is 0.534. The molecule has 4 rings (SSSR count). The van der Waals surface area contributed by atoms with Crippen LogP contribution in [0.25, 0.3) is 0 Å². The third kappa shape index (κ3) is 4.15. The Morgan fingerprint density at radius 3 is 2.86 bits per heavy atom. The Morgan fingerprint density at radius 1 is 1.36 bits per heavy atom. The van der Waals surface area contributed by atoms with E-state index in [0.717, 1.165) is 37.0 Å². The zero-order chi connectivity index (χ0) is 19.5. The van der Waals surface area contributed by atoms with Crippen LogP contribution in [0, 0.1) is 0 Å². The van der Waals surface area contributed by atoms with E-state index in [1.165, 1.54) is 30.2 Å². The fourth-order valence-corrected chi connectivity index (χ4v) is 4.54. The molecule has 0 bridgehead atoms. The van der Waals surface area contributed by atoms with Gasteiger partial charge in [0.2, 0.25) is 11.9 Å². The van der Waals surface area contributed by atoms with Crippen LogP contribution in [0.1, 0.15) is 28.6 Å². The maximum Gasteiger partial charge on any atom is 0.350 e. The molecule has 1 saturated heterocycles. The van der Waals surface area contributed by atoms with Crippen LogP contribution < -0.4 is 10.2 Å². The number of aromatic nitrogens is 3. The first-order valence-electron chi connectivity index (χ1n) is 9.03. The summed E-state index contributed by atoms with van der Waals surface area (Å²) in [6, 6.07) is 2.10. The fraction of sp³-hybridized carbons (Fsp3) is 0.529. The van der Waals surface area contributed by atoms with Crippen molar-refractivity contribution < 1.29 is 19.1 Å². The van der Waals surface area contributed by atoms with Crippen molar-refractivity contribution in [2.24, 2.45) is 0 Å². The van der Waals surface area contributed by atoms with E-state index in [2.05, 4.69) is 25.0 Å². The van der Waals surface area contributed by atoms with Crippen LogP contribution in [0.3, 0.4) is 0 Å². The van der Waals surface area contributed by atoms with Crippen molar-refractivity contribution >= 4 is 46.6 Å². The molecule has 1 saturated carbocycles. The number of carbonyl (C=O) groups is 2. The molecule has 2 fully saturated rings. The number of nitrogens with one attached hydrogen (secondary N) is 1. The highest BCUT2D eigenvalue weighted by atomic mass is 32.2. The molecule has 2 aromatic rings. The lowest BCUT2D eigenvalue weighted by Gasteiger charge is -2.27. The number of morpholine rings is 1. The van der Waals surface area contributed by atoms with Gasteiger partial charge in [0, 0.05) is 19.1 Å². The van der Waals surface area contributed by atoms with Gasteiger partial charge in [0.25, 0.3) is 0 Å². The third-order valence-electron chi connectivity index (χ3n) is 4.49. The van der Waals surface area contributed by atoms with Crippen LogP contribution in [0.4, 0.5) is 11.6 Å². The lowest BCUT2D eigenvalue weighted by Crippen LogP contribution is -2.38. The average Bonchev–Trinajstić information content (AvgIpc) is 3.30. The number of amides is 1. The first-order chi connectivity index (χ1) is 13.7. The zero-order valence-electron chi connectivity index (χ0n) is 15.4. The molecular weight excluding hydrogens is 402 g/mol. The molecule has 2 aliphatic rings. The highest BCUT2D eigenvalue weighted by Gasteiger charge is 2.32. The minimum Gasteiger partial charge on any atom is -0.465 e. The van der Waals surface area contributed by atoms with E-state index >= 15 is 0 Å². The summed E-state index contributed by atoms with van der Waals surface area (Å²) in [7, 11) is 1.32. The van der Waals surface area contributed by atoms with E-state index in [1.807, 2.05) is 0 Å². The van der Waals surface area contributed by atoms with Crippen molar-refractivity contribution in [3.05, 3.63) is 16.3 Å². The molecule has 9 nitrogen and oxygen atoms in total. The molecule has 0 atom stereocenters. The van der Waals surface area contributed by atoms with E-state index in [-0.39, 0.29) is 11.7 Å². The molecule has 1 aliphatic carbocycles. The van der Waals surface area contributed by atoms with Gasteiger partial charge in [-0.25, -0.2) is 4.79 Å². The maximum absolute atomic E-state index is 12.4. The minimum absolute atomic E-state index is 0.185. The summed E-state index contributed by atoms with van der Waals surface area (Å²) in [6.45, 7) is 2.96. The maximum atomic E-state index is 12.4. The Labute approximate surface area is 170 Å². The molecule has 0 radical (unpaired) electrons. The minimum atomic E-state index is -0.457. The lowest BCUT2D eigenvalue weighted by atomic mass is 10.4. The summed E-state index contributed by atoms with van der Waals surface area (Å²) >= 11 is 2.59. The van der Waals surface area contributed by atoms with Crippen molar-refractivity contribution in [3.8, 4) is 0 Å². The molecule has 1 amide bonds. The highest BCUT2D eigenvalue weighted by Crippen LogP contribution is 2.41. The number of rotatable bonds is 7. The Morgan fingerprint density at radius 2 is 2.14 bits per heavy atom. The molecule has 3 heterocycles. The van der Waals surface area contributed by atoms with Crippen LogP contribution in [-0.4, -0.2) is 65.8 Å². The Kier molecular flexibility index (Phi) is 5.83. The number of esters is 1. The monoisotopic (exact) mass is 423 g/mol. The van der Waals surface area contributed by atoms with E-state index in [9.17, 15) is 9.59 Å². The SMILES string of the molecule is COC(=O)c1sccc1NC(=O)CSc1nnc(N2CCOCC2)n1C1CC1. The number of thiophene rings is 1. The van der Waals surface area contributed by atoms with Crippen LogP contribution >= 0.6 is 23.1 Å². The van der Waals surface area contributed by atoms with Gasteiger partial charge in [-0.2, -0.15) is 0 Å². The smallest absolute Gasteiger partial charge is 0.350 e. The summed E-state index contributed by atoms with van der Waals surface area (Å²) in [5.41, 5.74) is 0.472. The average molecular weight is 424 g/mol. The predicted molar refractivity (Wildman–Crippen MR) is 106 cm³/mol. The highest BCUT2D eigenvalue weighted by molar-refractivity contribution is 7.99. The lowest BCUT2D eigenvalue weighted by molar-refractivity contribution is -0.113. The summed E-state index contributed by atoms with van der Waals surface area (Å²) in [4.78, 5) is 26.7. The van der Waals surface area contributed by atoms with Gasteiger partial charge < -0.3 is 19.7 Å².